The van der Waals surface area contributed by atoms with Crippen molar-refractivity contribution >= 4 is 5.91 Å². The van der Waals surface area contributed by atoms with E-state index in [2.05, 4.69) is 6.92 Å². The first kappa shape index (κ1) is 16.0. The van der Waals surface area contributed by atoms with Gasteiger partial charge in [0.25, 0.3) is 0 Å². The van der Waals surface area contributed by atoms with Crippen molar-refractivity contribution in [1.82, 2.24) is 4.90 Å². The molecule has 1 heterocycles. The number of hydrogen-bond acceptors (Lipinski definition) is 2. The summed E-state index contributed by atoms with van der Waals surface area (Å²) < 4.78 is 13.9. The van der Waals surface area contributed by atoms with E-state index in [9.17, 15) is 9.18 Å². The molecule has 0 aliphatic carbocycles. The highest BCUT2D eigenvalue weighted by Gasteiger charge is 2.22. The summed E-state index contributed by atoms with van der Waals surface area (Å²) in [5, 5.41) is 0. The van der Waals surface area contributed by atoms with Gasteiger partial charge in [0.2, 0.25) is 5.91 Å². The number of nitrogens with two attached hydrogens (primary N) is 1. The van der Waals surface area contributed by atoms with Crippen molar-refractivity contribution in [2.75, 3.05) is 6.54 Å². The van der Waals surface area contributed by atoms with E-state index in [-0.39, 0.29) is 11.7 Å². The van der Waals surface area contributed by atoms with Gasteiger partial charge in [-0.15, -0.1) is 0 Å². The molecular formula is C17H25FN2O. The third-order valence-electron chi connectivity index (χ3n) is 4.33. The third-order valence-corrected chi connectivity index (χ3v) is 4.33. The molecule has 21 heavy (non-hydrogen) atoms. The van der Waals surface area contributed by atoms with Gasteiger partial charge in [0, 0.05) is 31.6 Å². The predicted molar refractivity (Wildman–Crippen MR) is 82.0 cm³/mol. The lowest BCUT2D eigenvalue weighted by Gasteiger charge is -2.21. The normalized spacial score (nSPS) is 19.7. The van der Waals surface area contributed by atoms with E-state index in [1.54, 1.807) is 17.0 Å². The van der Waals surface area contributed by atoms with Crippen molar-refractivity contribution in [2.45, 2.75) is 52.1 Å². The zero-order valence-corrected chi connectivity index (χ0v) is 12.8. The quantitative estimate of drug-likeness (QED) is 0.905. The van der Waals surface area contributed by atoms with E-state index < -0.39 is 0 Å². The zero-order chi connectivity index (χ0) is 15.2. The van der Waals surface area contributed by atoms with Crippen LogP contribution < -0.4 is 5.73 Å². The Morgan fingerprint density at radius 2 is 2.19 bits per heavy atom. The maximum Gasteiger partial charge on any atom is 0.222 e. The molecule has 1 aliphatic heterocycles. The predicted octanol–water partition coefficient (Wildman–Crippen LogP) is 3.21. The van der Waals surface area contributed by atoms with Crippen molar-refractivity contribution in [3.05, 3.63) is 35.1 Å². The molecular weight excluding hydrogens is 267 g/mol. The van der Waals surface area contributed by atoms with Crippen LogP contribution in [0.1, 0.15) is 50.2 Å². The van der Waals surface area contributed by atoms with E-state index in [1.807, 2.05) is 0 Å². The SMILES string of the molecule is CCCC1CCC(=O)N(Cc2cc(CN)ccc2F)CC1. The van der Waals surface area contributed by atoms with E-state index in [1.165, 1.54) is 12.5 Å². The van der Waals surface area contributed by atoms with Crippen LogP contribution in [0.25, 0.3) is 0 Å². The minimum Gasteiger partial charge on any atom is -0.338 e. The van der Waals surface area contributed by atoms with Gasteiger partial charge in [-0.1, -0.05) is 25.8 Å². The Morgan fingerprint density at radius 3 is 2.90 bits per heavy atom. The molecule has 1 atom stereocenters. The van der Waals surface area contributed by atoms with Gasteiger partial charge in [0.1, 0.15) is 5.82 Å². The Bertz CT molecular complexity index is 490. The van der Waals surface area contributed by atoms with Crippen LogP contribution in [0.15, 0.2) is 18.2 Å². The van der Waals surface area contributed by atoms with Gasteiger partial charge in [-0.2, -0.15) is 0 Å². The fourth-order valence-electron chi connectivity index (χ4n) is 3.04. The number of amides is 1. The summed E-state index contributed by atoms with van der Waals surface area (Å²) >= 11 is 0. The van der Waals surface area contributed by atoms with Crippen LogP contribution in [0.4, 0.5) is 4.39 Å². The fraction of sp³-hybridized carbons (Fsp3) is 0.588. The molecule has 1 unspecified atom stereocenters. The largest absolute Gasteiger partial charge is 0.338 e. The highest BCUT2D eigenvalue weighted by molar-refractivity contribution is 5.76. The molecule has 0 saturated carbocycles. The molecule has 2 N–H and O–H groups in total. The average molecular weight is 292 g/mol. The molecule has 0 bridgehead atoms. The Labute approximate surface area is 126 Å². The number of halogens is 1. The Hall–Kier alpha value is -1.42. The van der Waals surface area contributed by atoms with E-state index in [4.69, 9.17) is 5.73 Å². The van der Waals surface area contributed by atoms with Crippen molar-refractivity contribution in [2.24, 2.45) is 11.7 Å². The molecule has 1 aromatic rings. The van der Waals surface area contributed by atoms with Gasteiger partial charge in [-0.05, 0) is 36.5 Å². The molecule has 116 valence electrons. The molecule has 0 aromatic heterocycles. The van der Waals surface area contributed by atoms with Gasteiger partial charge in [0.05, 0.1) is 0 Å². The maximum atomic E-state index is 13.9. The Balaban J connectivity index is 2.06. The number of nitrogens with zero attached hydrogens (tertiary/aromatic N) is 1. The van der Waals surface area contributed by atoms with Gasteiger partial charge < -0.3 is 10.6 Å². The lowest BCUT2D eigenvalue weighted by atomic mass is 9.96. The lowest BCUT2D eigenvalue weighted by molar-refractivity contribution is -0.131. The highest BCUT2D eigenvalue weighted by Crippen LogP contribution is 2.24. The maximum absolute atomic E-state index is 13.9. The van der Waals surface area contributed by atoms with Gasteiger partial charge >= 0.3 is 0 Å². The number of carbonyl (C=O) groups excluding carboxylic acids is 1. The summed E-state index contributed by atoms with van der Waals surface area (Å²) in [5.74, 6) is 0.518. The average Bonchev–Trinajstić information content (AvgIpc) is 2.65. The van der Waals surface area contributed by atoms with Gasteiger partial charge in [-0.3, -0.25) is 4.79 Å². The summed E-state index contributed by atoms with van der Waals surface area (Å²) in [6.07, 6.45) is 4.92. The van der Waals surface area contributed by atoms with Crippen molar-refractivity contribution < 1.29 is 9.18 Å². The van der Waals surface area contributed by atoms with E-state index >= 15 is 0 Å². The second kappa shape index (κ2) is 7.55. The second-order valence-corrected chi connectivity index (χ2v) is 5.93. The number of hydrogen-bond donors (Lipinski definition) is 1. The zero-order valence-electron chi connectivity index (χ0n) is 12.8. The molecule has 3 nitrogen and oxygen atoms in total. The minimum absolute atomic E-state index is 0.145. The van der Waals surface area contributed by atoms with Crippen LogP contribution in [0.2, 0.25) is 0 Å². The topological polar surface area (TPSA) is 46.3 Å². The molecule has 0 radical (unpaired) electrons. The summed E-state index contributed by atoms with van der Waals surface area (Å²) in [4.78, 5) is 14.0. The molecule has 2 rings (SSSR count). The Kier molecular flexibility index (Phi) is 5.74. The lowest BCUT2D eigenvalue weighted by Crippen LogP contribution is -2.30. The summed E-state index contributed by atoms with van der Waals surface area (Å²) in [6, 6.07) is 4.91. The Morgan fingerprint density at radius 1 is 1.38 bits per heavy atom. The summed E-state index contributed by atoms with van der Waals surface area (Å²) in [6.45, 7) is 3.66. The molecule has 1 fully saturated rings. The third kappa shape index (κ3) is 4.27. The second-order valence-electron chi connectivity index (χ2n) is 5.93. The number of carbonyl (C=O) groups is 1. The number of benzene rings is 1. The van der Waals surface area contributed by atoms with Crippen molar-refractivity contribution in [3.63, 3.8) is 0 Å². The van der Waals surface area contributed by atoms with Crippen LogP contribution in [0, 0.1) is 11.7 Å². The monoisotopic (exact) mass is 292 g/mol. The first-order chi connectivity index (χ1) is 10.1. The minimum atomic E-state index is -0.255. The van der Waals surface area contributed by atoms with Crippen LogP contribution in [-0.4, -0.2) is 17.4 Å². The molecule has 1 amide bonds. The summed E-state index contributed by atoms with van der Waals surface area (Å²) in [5.41, 5.74) is 7.07. The smallest absolute Gasteiger partial charge is 0.222 e. The van der Waals surface area contributed by atoms with Crippen molar-refractivity contribution in [3.8, 4) is 0 Å². The highest BCUT2D eigenvalue weighted by atomic mass is 19.1. The first-order valence-electron chi connectivity index (χ1n) is 7.89. The number of rotatable bonds is 5. The van der Waals surface area contributed by atoms with Crippen LogP contribution in [-0.2, 0) is 17.9 Å². The van der Waals surface area contributed by atoms with Gasteiger partial charge in [-0.25, -0.2) is 4.39 Å². The van der Waals surface area contributed by atoms with Gasteiger partial charge in [0.15, 0.2) is 0 Å². The fourth-order valence-corrected chi connectivity index (χ4v) is 3.04. The van der Waals surface area contributed by atoms with E-state index in [0.29, 0.717) is 31.0 Å². The van der Waals surface area contributed by atoms with Crippen LogP contribution in [0.3, 0.4) is 0 Å². The molecule has 1 aliphatic rings. The standard InChI is InChI=1S/C17H25FN2O/c1-2-3-13-5-7-17(21)20(9-8-13)12-15-10-14(11-19)4-6-16(15)18/h4,6,10,13H,2-3,5,7-9,11-12,19H2,1H3. The van der Waals surface area contributed by atoms with Crippen molar-refractivity contribution in [1.29, 1.82) is 0 Å². The summed E-state index contributed by atoms with van der Waals surface area (Å²) in [7, 11) is 0. The van der Waals surface area contributed by atoms with Crippen LogP contribution >= 0.6 is 0 Å². The molecule has 1 aromatic carbocycles. The molecule has 0 spiro atoms. The van der Waals surface area contributed by atoms with Crippen LogP contribution in [0.5, 0.6) is 0 Å². The molecule has 1 saturated heterocycles. The number of likely N-dealkylation sites (tertiary alicyclic amines) is 1. The first-order valence-corrected chi connectivity index (χ1v) is 7.89. The molecule has 4 heteroatoms. The van der Waals surface area contributed by atoms with E-state index in [0.717, 1.165) is 31.4 Å².